The van der Waals surface area contributed by atoms with E-state index in [4.69, 9.17) is 4.84 Å². The van der Waals surface area contributed by atoms with Crippen LogP contribution in [0.1, 0.15) is 44.0 Å². The standard InChI is InChI=1S/C18H23NO2/c1-14(2)18(17-12-8-5-9-13-17)21-19(20)15(3)16-10-6-4-7-11-16/h4-15,18,20H,1-3H3. The third kappa shape index (κ3) is 4.14. The van der Waals surface area contributed by atoms with Gasteiger partial charge in [0.05, 0.1) is 6.04 Å². The van der Waals surface area contributed by atoms with Gasteiger partial charge in [-0.15, -0.1) is 0 Å². The number of nitrogens with zero attached hydrogens (tertiary/aromatic N) is 1. The van der Waals surface area contributed by atoms with Crippen LogP contribution < -0.4 is 0 Å². The summed E-state index contributed by atoms with van der Waals surface area (Å²) in [5, 5.41) is 11.2. The van der Waals surface area contributed by atoms with Crippen molar-refractivity contribution >= 4 is 0 Å². The van der Waals surface area contributed by atoms with Crippen molar-refractivity contribution in [2.75, 3.05) is 0 Å². The summed E-state index contributed by atoms with van der Waals surface area (Å²) in [5.74, 6) is 0.255. The first kappa shape index (κ1) is 15.7. The van der Waals surface area contributed by atoms with Gasteiger partial charge in [0.1, 0.15) is 6.10 Å². The van der Waals surface area contributed by atoms with Crippen molar-refractivity contribution in [3.05, 3.63) is 71.8 Å². The minimum absolute atomic E-state index is 0.178. The summed E-state index contributed by atoms with van der Waals surface area (Å²) in [5.41, 5.74) is 2.07. The molecule has 0 saturated heterocycles. The average molecular weight is 285 g/mol. The molecule has 0 aliphatic heterocycles. The van der Waals surface area contributed by atoms with E-state index in [-0.39, 0.29) is 18.1 Å². The first-order valence-electron chi connectivity index (χ1n) is 7.34. The molecule has 3 nitrogen and oxygen atoms in total. The molecule has 2 aromatic carbocycles. The summed E-state index contributed by atoms with van der Waals surface area (Å²) in [6, 6.07) is 19.6. The Labute approximate surface area is 126 Å². The van der Waals surface area contributed by atoms with Crippen LogP contribution in [0.5, 0.6) is 0 Å². The molecule has 0 aromatic heterocycles. The van der Waals surface area contributed by atoms with Crippen LogP contribution in [-0.2, 0) is 4.84 Å². The molecule has 0 fully saturated rings. The first-order chi connectivity index (χ1) is 10.1. The molecule has 112 valence electrons. The predicted octanol–water partition coefficient (Wildman–Crippen LogP) is 4.77. The Morgan fingerprint density at radius 3 is 1.76 bits per heavy atom. The molecule has 1 N–H and O–H groups in total. The van der Waals surface area contributed by atoms with E-state index in [0.717, 1.165) is 16.4 Å². The molecule has 2 rings (SSSR count). The summed E-state index contributed by atoms with van der Waals surface area (Å²) >= 11 is 0. The molecular formula is C18H23NO2. The molecule has 0 radical (unpaired) electrons. The number of rotatable bonds is 6. The van der Waals surface area contributed by atoms with Crippen molar-refractivity contribution in [3.8, 4) is 0 Å². The minimum Gasteiger partial charge on any atom is -0.289 e. The van der Waals surface area contributed by atoms with Crippen molar-refractivity contribution < 1.29 is 10.0 Å². The number of hydroxylamine groups is 2. The zero-order valence-electron chi connectivity index (χ0n) is 12.8. The van der Waals surface area contributed by atoms with E-state index in [0.29, 0.717) is 0 Å². The Hall–Kier alpha value is -1.68. The highest BCUT2D eigenvalue weighted by molar-refractivity contribution is 5.19. The van der Waals surface area contributed by atoms with Gasteiger partial charge in [-0.1, -0.05) is 79.7 Å². The zero-order valence-corrected chi connectivity index (χ0v) is 12.8. The molecule has 2 aromatic rings. The second-order valence-corrected chi connectivity index (χ2v) is 5.57. The molecule has 21 heavy (non-hydrogen) atoms. The van der Waals surface area contributed by atoms with Gasteiger partial charge in [0.15, 0.2) is 0 Å². The third-order valence-electron chi connectivity index (χ3n) is 3.57. The fraction of sp³-hybridized carbons (Fsp3) is 0.333. The van der Waals surface area contributed by atoms with Crippen LogP contribution in [0, 0.1) is 5.92 Å². The van der Waals surface area contributed by atoms with E-state index in [1.54, 1.807) is 0 Å². The van der Waals surface area contributed by atoms with Crippen molar-refractivity contribution in [1.82, 2.24) is 5.23 Å². The highest BCUT2D eigenvalue weighted by atomic mass is 16.9. The lowest BCUT2D eigenvalue weighted by atomic mass is 9.99. The highest BCUT2D eigenvalue weighted by Gasteiger charge is 2.23. The number of hydrogen-bond donors (Lipinski definition) is 1. The smallest absolute Gasteiger partial charge is 0.109 e. The molecule has 0 aliphatic rings. The van der Waals surface area contributed by atoms with Crippen LogP contribution in [0.3, 0.4) is 0 Å². The molecule has 2 atom stereocenters. The molecule has 0 aliphatic carbocycles. The molecular weight excluding hydrogens is 262 g/mol. The fourth-order valence-corrected chi connectivity index (χ4v) is 2.28. The summed E-state index contributed by atoms with van der Waals surface area (Å²) in [7, 11) is 0. The second-order valence-electron chi connectivity index (χ2n) is 5.57. The number of benzene rings is 2. The van der Waals surface area contributed by atoms with Gasteiger partial charge < -0.3 is 0 Å². The summed E-state index contributed by atoms with van der Waals surface area (Å²) < 4.78 is 0. The maximum Gasteiger partial charge on any atom is 0.109 e. The van der Waals surface area contributed by atoms with E-state index in [1.807, 2.05) is 67.6 Å². The SMILES string of the molecule is CC(C)C(ON(O)C(C)c1ccccc1)c1ccccc1. The minimum atomic E-state index is -0.226. The van der Waals surface area contributed by atoms with Gasteiger partial charge >= 0.3 is 0 Å². The van der Waals surface area contributed by atoms with Crippen molar-refractivity contribution in [2.45, 2.75) is 32.9 Å². The van der Waals surface area contributed by atoms with E-state index in [9.17, 15) is 5.21 Å². The molecule has 0 heterocycles. The summed E-state index contributed by atoms with van der Waals surface area (Å²) in [4.78, 5) is 5.80. The highest BCUT2D eigenvalue weighted by Crippen LogP contribution is 2.29. The predicted molar refractivity (Wildman–Crippen MR) is 83.6 cm³/mol. The van der Waals surface area contributed by atoms with Gasteiger partial charge in [0.2, 0.25) is 0 Å². The second kappa shape index (κ2) is 7.36. The van der Waals surface area contributed by atoms with E-state index in [1.165, 1.54) is 0 Å². The van der Waals surface area contributed by atoms with E-state index < -0.39 is 0 Å². The quantitative estimate of drug-likeness (QED) is 0.776. The zero-order chi connectivity index (χ0) is 15.2. The maximum atomic E-state index is 10.3. The molecule has 0 amide bonds. The molecule has 2 unspecified atom stereocenters. The topological polar surface area (TPSA) is 32.7 Å². The van der Waals surface area contributed by atoms with Gasteiger partial charge in [-0.05, 0) is 24.0 Å². The first-order valence-corrected chi connectivity index (χ1v) is 7.34. The van der Waals surface area contributed by atoms with Gasteiger partial charge in [-0.2, -0.15) is 0 Å². The van der Waals surface area contributed by atoms with Crippen LogP contribution in [-0.4, -0.2) is 10.4 Å². The van der Waals surface area contributed by atoms with Crippen LogP contribution in [0.25, 0.3) is 0 Å². The van der Waals surface area contributed by atoms with Gasteiger partial charge in [-0.3, -0.25) is 10.0 Å². The summed E-state index contributed by atoms with van der Waals surface area (Å²) in [6.45, 7) is 6.08. The Balaban J connectivity index is 2.10. The Morgan fingerprint density at radius 1 is 0.810 bits per heavy atom. The van der Waals surface area contributed by atoms with Gasteiger partial charge in [0.25, 0.3) is 0 Å². The third-order valence-corrected chi connectivity index (χ3v) is 3.57. The Kier molecular flexibility index (Phi) is 5.51. The van der Waals surface area contributed by atoms with E-state index in [2.05, 4.69) is 13.8 Å². The lowest BCUT2D eigenvalue weighted by Crippen LogP contribution is -2.28. The fourth-order valence-electron chi connectivity index (χ4n) is 2.28. The monoisotopic (exact) mass is 285 g/mol. The molecule has 0 bridgehead atoms. The molecule has 0 spiro atoms. The van der Waals surface area contributed by atoms with Crippen molar-refractivity contribution in [3.63, 3.8) is 0 Å². The van der Waals surface area contributed by atoms with Gasteiger partial charge in [0, 0.05) is 0 Å². The maximum absolute atomic E-state index is 10.3. The van der Waals surface area contributed by atoms with Crippen LogP contribution in [0.4, 0.5) is 0 Å². The van der Waals surface area contributed by atoms with E-state index >= 15 is 0 Å². The normalized spacial score (nSPS) is 14.4. The number of hydrogen-bond acceptors (Lipinski definition) is 3. The van der Waals surface area contributed by atoms with Crippen LogP contribution in [0.2, 0.25) is 0 Å². The van der Waals surface area contributed by atoms with Crippen molar-refractivity contribution in [2.24, 2.45) is 5.92 Å². The largest absolute Gasteiger partial charge is 0.289 e. The lowest BCUT2D eigenvalue weighted by Gasteiger charge is -2.29. The van der Waals surface area contributed by atoms with Crippen molar-refractivity contribution in [1.29, 1.82) is 0 Å². The van der Waals surface area contributed by atoms with Crippen LogP contribution >= 0.6 is 0 Å². The Bertz CT molecular complexity index is 527. The summed E-state index contributed by atoms with van der Waals surface area (Å²) in [6.07, 6.45) is -0.178. The molecule has 3 heteroatoms. The Morgan fingerprint density at radius 2 is 1.29 bits per heavy atom. The van der Waals surface area contributed by atoms with Crippen LogP contribution in [0.15, 0.2) is 60.7 Å². The van der Waals surface area contributed by atoms with Gasteiger partial charge in [-0.25, -0.2) is 0 Å². The molecule has 0 saturated carbocycles. The average Bonchev–Trinajstić information content (AvgIpc) is 2.53. The lowest BCUT2D eigenvalue weighted by molar-refractivity contribution is -0.388.